The molecular formula is C12H18ClNO. The summed E-state index contributed by atoms with van der Waals surface area (Å²) < 4.78 is 5.65. The molecule has 2 nitrogen and oxygen atoms in total. The number of nitrogen functional groups attached to an aromatic ring is 1. The third kappa shape index (κ3) is 3.31. The van der Waals surface area contributed by atoms with Gasteiger partial charge in [-0.3, -0.25) is 0 Å². The Hall–Kier alpha value is -0.890. The maximum atomic E-state index is 5.99. The molecular weight excluding hydrogens is 210 g/mol. The molecule has 0 saturated carbocycles. The van der Waals surface area contributed by atoms with E-state index < -0.39 is 0 Å². The average Bonchev–Trinajstić information content (AvgIpc) is 2.23. The summed E-state index contributed by atoms with van der Waals surface area (Å²) in [7, 11) is 0. The number of para-hydroxylation sites is 1. The fourth-order valence-corrected chi connectivity index (χ4v) is 1.64. The lowest BCUT2D eigenvalue weighted by Gasteiger charge is -2.15. The van der Waals surface area contributed by atoms with E-state index in [0.717, 1.165) is 12.8 Å². The van der Waals surface area contributed by atoms with Gasteiger partial charge in [0.15, 0.2) is 5.75 Å². The molecule has 0 unspecified atom stereocenters. The first-order valence-corrected chi connectivity index (χ1v) is 5.73. The number of ether oxygens (including phenoxy) is 1. The molecule has 0 aliphatic heterocycles. The largest absolute Gasteiger partial charge is 0.490 e. The van der Waals surface area contributed by atoms with Crippen molar-refractivity contribution in [2.45, 2.75) is 26.7 Å². The number of benzene rings is 1. The van der Waals surface area contributed by atoms with Crippen molar-refractivity contribution in [1.29, 1.82) is 0 Å². The Morgan fingerprint density at radius 2 is 2.00 bits per heavy atom. The minimum atomic E-state index is 0.570. The second kappa shape index (κ2) is 5.86. The van der Waals surface area contributed by atoms with Gasteiger partial charge in [0.25, 0.3) is 0 Å². The third-order valence-electron chi connectivity index (χ3n) is 2.62. The van der Waals surface area contributed by atoms with E-state index in [1.54, 1.807) is 12.1 Å². The Labute approximate surface area is 96.4 Å². The van der Waals surface area contributed by atoms with Crippen LogP contribution in [0.25, 0.3) is 0 Å². The van der Waals surface area contributed by atoms with Crippen molar-refractivity contribution in [1.82, 2.24) is 0 Å². The molecule has 3 heteroatoms. The summed E-state index contributed by atoms with van der Waals surface area (Å²) in [4.78, 5) is 0. The highest BCUT2D eigenvalue weighted by Gasteiger charge is 2.09. The van der Waals surface area contributed by atoms with Gasteiger partial charge in [-0.05, 0) is 18.1 Å². The van der Waals surface area contributed by atoms with Crippen LogP contribution in [0, 0.1) is 5.92 Å². The van der Waals surface area contributed by atoms with Gasteiger partial charge >= 0.3 is 0 Å². The highest BCUT2D eigenvalue weighted by molar-refractivity contribution is 6.32. The molecule has 0 aromatic heterocycles. The quantitative estimate of drug-likeness (QED) is 0.778. The van der Waals surface area contributed by atoms with Gasteiger partial charge in [0.2, 0.25) is 0 Å². The zero-order valence-electron chi connectivity index (χ0n) is 9.29. The molecule has 84 valence electrons. The molecule has 1 aromatic carbocycles. The Morgan fingerprint density at radius 1 is 1.33 bits per heavy atom. The molecule has 0 fully saturated rings. The van der Waals surface area contributed by atoms with Crippen LogP contribution in [-0.4, -0.2) is 6.61 Å². The summed E-state index contributed by atoms with van der Waals surface area (Å²) in [5.41, 5.74) is 6.39. The molecule has 0 atom stereocenters. The van der Waals surface area contributed by atoms with E-state index in [1.165, 1.54) is 0 Å². The second-order valence-corrected chi connectivity index (χ2v) is 4.06. The van der Waals surface area contributed by atoms with Gasteiger partial charge in [0.05, 0.1) is 17.3 Å². The fraction of sp³-hybridized carbons (Fsp3) is 0.500. The van der Waals surface area contributed by atoms with Crippen molar-refractivity contribution in [3.63, 3.8) is 0 Å². The maximum Gasteiger partial charge on any atom is 0.160 e. The SMILES string of the molecule is CCC(CC)COc1c(N)cccc1Cl. The lowest BCUT2D eigenvalue weighted by Crippen LogP contribution is -2.11. The number of nitrogens with two attached hydrogens (primary N) is 1. The van der Waals surface area contributed by atoms with Crippen molar-refractivity contribution in [2.75, 3.05) is 12.3 Å². The highest BCUT2D eigenvalue weighted by Crippen LogP contribution is 2.31. The second-order valence-electron chi connectivity index (χ2n) is 3.65. The summed E-state index contributed by atoms with van der Waals surface area (Å²) in [5.74, 6) is 1.19. The van der Waals surface area contributed by atoms with Crippen LogP contribution in [-0.2, 0) is 0 Å². The smallest absolute Gasteiger partial charge is 0.160 e. The predicted octanol–water partition coefficient (Wildman–Crippen LogP) is 3.74. The van der Waals surface area contributed by atoms with Crippen LogP contribution in [0.15, 0.2) is 18.2 Å². The van der Waals surface area contributed by atoms with E-state index in [4.69, 9.17) is 22.1 Å². The minimum absolute atomic E-state index is 0.570. The number of anilines is 1. The van der Waals surface area contributed by atoms with Crippen molar-refractivity contribution < 1.29 is 4.74 Å². The molecule has 0 aliphatic rings. The van der Waals surface area contributed by atoms with Crippen LogP contribution in [0.3, 0.4) is 0 Å². The van der Waals surface area contributed by atoms with Crippen LogP contribution in [0.1, 0.15) is 26.7 Å². The van der Waals surface area contributed by atoms with Crippen LogP contribution in [0.4, 0.5) is 5.69 Å². The number of rotatable bonds is 5. The molecule has 0 aliphatic carbocycles. The van der Waals surface area contributed by atoms with E-state index in [0.29, 0.717) is 29.0 Å². The third-order valence-corrected chi connectivity index (χ3v) is 2.91. The lowest BCUT2D eigenvalue weighted by atomic mass is 10.1. The van der Waals surface area contributed by atoms with E-state index in [9.17, 15) is 0 Å². The molecule has 0 radical (unpaired) electrons. The maximum absolute atomic E-state index is 5.99. The molecule has 0 spiro atoms. The van der Waals surface area contributed by atoms with E-state index >= 15 is 0 Å². The molecule has 0 heterocycles. The molecule has 1 aromatic rings. The summed E-state index contributed by atoms with van der Waals surface area (Å²) in [6.45, 7) is 5.00. The predicted molar refractivity (Wildman–Crippen MR) is 65.4 cm³/mol. The standard InChI is InChI=1S/C12H18ClNO/c1-3-9(4-2)8-15-12-10(13)6-5-7-11(12)14/h5-7,9H,3-4,8,14H2,1-2H3. The van der Waals surface area contributed by atoms with E-state index in [2.05, 4.69) is 13.8 Å². The first-order valence-electron chi connectivity index (χ1n) is 5.35. The van der Waals surface area contributed by atoms with E-state index in [-0.39, 0.29) is 0 Å². The number of hydrogen-bond donors (Lipinski definition) is 1. The van der Waals surface area contributed by atoms with Crippen molar-refractivity contribution in [2.24, 2.45) is 5.92 Å². The normalized spacial score (nSPS) is 10.7. The number of hydrogen-bond acceptors (Lipinski definition) is 2. The van der Waals surface area contributed by atoms with Gasteiger partial charge in [0.1, 0.15) is 0 Å². The monoisotopic (exact) mass is 227 g/mol. The molecule has 0 saturated heterocycles. The fourth-order valence-electron chi connectivity index (χ4n) is 1.40. The van der Waals surface area contributed by atoms with Crippen molar-refractivity contribution in [3.8, 4) is 5.75 Å². The van der Waals surface area contributed by atoms with Gasteiger partial charge in [-0.15, -0.1) is 0 Å². The summed E-state index contributed by atoms with van der Waals surface area (Å²) in [5, 5.41) is 0.584. The molecule has 0 amide bonds. The van der Waals surface area contributed by atoms with Gasteiger partial charge in [-0.2, -0.15) is 0 Å². The topological polar surface area (TPSA) is 35.2 Å². The Balaban J connectivity index is 2.64. The van der Waals surface area contributed by atoms with Crippen LogP contribution in [0.2, 0.25) is 5.02 Å². The van der Waals surface area contributed by atoms with Crippen molar-refractivity contribution >= 4 is 17.3 Å². The highest BCUT2D eigenvalue weighted by atomic mass is 35.5. The molecule has 2 N–H and O–H groups in total. The average molecular weight is 228 g/mol. The van der Waals surface area contributed by atoms with Crippen LogP contribution < -0.4 is 10.5 Å². The van der Waals surface area contributed by atoms with Gasteiger partial charge in [0, 0.05) is 0 Å². The Kier molecular flexibility index (Phi) is 4.76. The summed E-state index contributed by atoms with van der Waals surface area (Å²) >= 11 is 5.99. The first kappa shape index (κ1) is 12.2. The summed E-state index contributed by atoms with van der Waals surface area (Å²) in [6.07, 6.45) is 2.22. The Bertz CT molecular complexity index is 290. The molecule has 1 rings (SSSR count). The zero-order chi connectivity index (χ0) is 11.3. The first-order chi connectivity index (χ1) is 7.19. The van der Waals surface area contributed by atoms with Gasteiger partial charge in [-0.1, -0.05) is 44.4 Å². The van der Waals surface area contributed by atoms with E-state index in [1.807, 2.05) is 6.07 Å². The van der Waals surface area contributed by atoms with Crippen molar-refractivity contribution in [3.05, 3.63) is 23.2 Å². The zero-order valence-corrected chi connectivity index (χ0v) is 10.1. The Morgan fingerprint density at radius 3 is 2.53 bits per heavy atom. The molecule has 0 bridgehead atoms. The van der Waals surface area contributed by atoms with Crippen LogP contribution in [0.5, 0.6) is 5.75 Å². The molecule has 15 heavy (non-hydrogen) atoms. The lowest BCUT2D eigenvalue weighted by molar-refractivity contribution is 0.242. The van der Waals surface area contributed by atoms with Gasteiger partial charge in [-0.25, -0.2) is 0 Å². The van der Waals surface area contributed by atoms with Crippen LogP contribution >= 0.6 is 11.6 Å². The summed E-state index contributed by atoms with van der Waals surface area (Å²) in [6, 6.07) is 5.41. The number of halogens is 1. The minimum Gasteiger partial charge on any atom is -0.490 e. The van der Waals surface area contributed by atoms with Gasteiger partial charge < -0.3 is 10.5 Å².